The van der Waals surface area contributed by atoms with E-state index in [-0.39, 0.29) is 22.1 Å². The molecule has 2 rings (SSSR count). The number of methoxy groups -OCH3 is 1. The lowest BCUT2D eigenvalue weighted by Crippen LogP contribution is -2.16. The summed E-state index contributed by atoms with van der Waals surface area (Å²) in [6.45, 7) is 2.99. The van der Waals surface area contributed by atoms with Gasteiger partial charge in [-0.1, -0.05) is 12.1 Å². The van der Waals surface area contributed by atoms with Crippen molar-refractivity contribution in [2.24, 2.45) is 0 Å². The molecular weight excluding hydrogens is 344 g/mol. The van der Waals surface area contributed by atoms with Gasteiger partial charge in [0, 0.05) is 12.6 Å². The van der Waals surface area contributed by atoms with Crippen molar-refractivity contribution in [3.63, 3.8) is 0 Å². The average Bonchev–Trinajstić information content (AvgIpc) is 2.53. The maximum atomic E-state index is 12.7. The summed E-state index contributed by atoms with van der Waals surface area (Å²) >= 11 is 0. The second-order valence-electron chi connectivity index (χ2n) is 5.34. The van der Waals surface area contributed by atoms with Crippen LogP contribution in [0.5, 0.6) is 0 Å². The summed E-state index contributed by atoms with van der Waals surface area (Å²) in [6.07, 6.45) is 0. The molecule has 132 valence electrons. The Morgan fingerprint density at radius 2 is 1.72 bits per heavy atom. The fourth-order valence-electron chi connectivity index (χ4n) is 2.21. The summed E-state index contributed by atoms with van der Waals surface area (Å²) in [5.41, 5.74) is 1.38. The summed E-state index contributed by atoms with van der Waals surface area (Å²) in [5.74, 6) is -0.884. The number of amides is 1. The fraction of sp³-hybridized carbons (Fsp3) is 0.176. The Kier molecular flexibility index (Phi) is 5.43. The molecule has 0 radical (unpaired) electrons. The van der Waals surface area contributed by atoms with Crippen LogP contribution in [0.2, 0.25) is 0 Å². The molecular formula is C17H18N2O5S. The van der Waals surface area contributed by atoms with E-state index in [9.17, 15) is 18.0 Å². The minimum Gasteiger partial charge on any atom is -0.465 e. The van der Waals surface area contributed by atoms with Crippen molar-refractivity contribution in [2.45, 2.75) is 18.7 Å². The second-order valence-corrected chi connectivity index (χ2v) is 6.99. The van der Waals surface area contributed by atoms with Crippen LogP contribution in [0.4, 0.5) is 11.4 Å². The summed E-state index contributed by atoms with van der Waals surface area (Å²) in [6, 6.07) is 10.6. The first-order valence-corrected chi connectivity index (χ1v) is 8.80. The molecule has 0 aliphatic heterocycles. The third kappa shape index (κ3) is 4.57. The van der Waals surface area contributed by atoms with E-state index < -0.39 is 16.0 Å². The number of sulfonamides is 1. The van der Waals surface area contributed by atoms with Crippen LogP contribution in [0.15, 0.2) is 47.4 Å². The van der Waals surface area contributed by atoms with Crippen molar-refractivity contribution in [1.29, 1.82) is 0 Å². The highest BCUT2D eigenvalue weighted by Gasteiger charge is 2.19. The lowest BCUT2D eigenvalue weighted by Gasteiger charge is -2.12. The quantitative estimate of drug-likeness (QED) is 0.796. The number of benzene rings is 2. The Morgan fingerprint density at radius 1 is 1.04 bits per heavy atom. The summed E-state index contributed by atoms with van der Waals surface area (Å²) in [5, 5.41) is 2.58. The van der Waals surface area contributed by atoms with Gasteiger partial charge in [0.2, 0.25) is 5.91 Å². The molecule has 2 aromatic carbocycles. The number of anilines is 2. The molecule has 0 fully saturated rings. The average molecular weight is 362 g/mol. The van der Waals surface area contributed by atoms with Crippen molar-refractivity contribution in [2.75, 3.05) is 17.1 Å². The first kappa shape index (κ1) is 18.5. The van der Waals surface area contributed by atoms with E-state index >= 15 is 0 Å². The van der Waals surface area contributed by atoms with Crippen LogP contribution in [0.25, 0.3) is 0 Å². The number of nitrogens with one attached hydrogen (secondary N) is 2. The molecule has 7 nitrogen and oxygen atoms in total. The van der Waals surface area contributed by atoms with E-state index in [4.69, 9.17) is 0 Å². The molecule has 0 saturated carbocycles. The van der Waals surface area contributed by atoms with E-state index in [0.717, 1.165) is 0 Å². The summed E-state index contributed by atoms with van der Waals surface area (Å²) in [7, 11) is -2.70. The van der Waals surface area contributed by atoms with E-state index in [1.165, 1.54) is 38.3 Å². The van der Waals surface area contributed by atoms with Gasteiger partial charge in [0.15, 0.2) is 0 Å². The molecule has 0 aromatic heterocycles. The van der Waals surface area contributed by atoms with Crippen LogP contribution in [0, 0.1) is 6.92 Å². The Balaban J connectivity index is 2.36. The number of rotatable bonds is 5. The Labute approximate surface area is 146 Å². The number of carbonyl (C=O) groups excluding carboxylic acids is 2. The lowest BCUT2D eigenvalue weighted by atomic mass is 10.1. The summed E-state index contributed by atoms with van der Waals surface area (Å²) < 4.78 is 32.4. The minimum absolute atomic E-state index is 0.0275. The van der Waals surface area contributed by atoms with Gasteiger partial charge in [-0.05, 0) is 42.8 Å². The van der Waals surface area contributed by atoms with Gasteiger partial charge in [-0.25, -0.2) is 13.2 Å². The van der Waals surface area contributed by atoms with Crippen LogP contribution in [-0.4, -0.2) is 27.4 Å². The van der Waals surface area contributed by atoms with E-state index in [0.29, 0.717) is 11.3 Å². The van der Waals surface area contributed by atoms with Gasteiger partial charge in [0.25, 0.3) is 10.0 Å². The van der Waals surface area contributed by atoms with Crippen molar-refractivity contribution >= 4 is 33.3 Å². The smallest absolute Gasteiger partial charge is 0.337 e. The zero-order chi connectivity index (χ0) is 18.6. The first-order chi connectivity index (χ1) is 11.7. The zero-order valence-electron chi connectivity index (χ0n) is 14.0. The highest BCUT2D eigenvalue weighted by molar-refractivity contribution is 7.92. The highest BCUT2D eigenvalue weighted by Crippen LogP contribution is 2.23. The molecule has 0 saturated heterocycles. The van der Waals surface area contributed by atoms with Gasteiger partial charge in [-0.3, -0.25) is 9.52 Å². The number of esters is 1. The van der Waals surface area contributed by atoms with Gasteiger partial charge in [0.1, 0.15) is 0 Å². The first-order valence-electron chi connectivity index (χ1n) is 7.32. The molecule has 0 atom stereocenters. The second kappa shape index (κ2) is 7.35. The molecule has 0 aliphatic carbocycles. The van der Waals surface area contributed by atoms with Crippen LogP contribution < -0.4 is 10.0 Å². The Bertz CT molecular complexity index is 922. The monoisotopic (exact) mass is 362 g/mol. The van der Waals surface area contributed by atoms with Crippen molar-refractivity contribution in [3.05, 3.63) is 53.6 Å². The summed E-state index contributed by atoms with van der Waals surface area (Å²) in [4.78, 5) is 22.7. The molecule has 8 heteroatoms. The molecule has 0 aliphatic rings. The van der Waals surface area contributed by atoms with Crippen LogP contribution in [0.3, 0.4) is 0 Å². The maximum Gasteiger partial charge on any atom is 0.337 e. The van der Waals surface area contributed by atoms with Crippen LogP contribution >= 0.6 is 0 Å². The molecule has 0 heterocycles. The van der Waals surface area contributed by atoms with E-state index in [1.807, 2.05) is 0 Å². The largest absolute Gasteiger partial charge is 0.465 e. The third-order valence-corrected chi connectivity index (χ3v) is 4.86. The van der Waals surface area contributed by atoms with Crippen molar-refractivity contribution < 1.29 is 22.7 Å². The maximum absolute atomic E-state index is 12.7. The van der Waals surface area contributed by atoms with Gasteiger partial charge in [-0.2, -0.15) is 0 Å². The molecule has 2 aromatic rings. The number of hydrogen-bond acceptors (Lipinski definition) is 5. The predicted molar refractivity (Wildman–Crippen MR) is 94.1 cm³/mol. The Hall–Kier alpha value is -2.87. The van der Waals surface area contributed by atoms with Crippen molar-refractivity contribution in [1.82, 2.24) is 0 Å². The molecule has 2 N–H and O–H groups in total. The Morgan fingerprint density at radius 3 is 2.36 bits per heavy atom. The normalized spacial score (nSPS) is 10.8. The zero-order valence-corrected chi connectivity index (χ0v) is 14.8. The molecule has 25 heavy (non-hydrogen) atoms. The standard InChI is InChI=1S/C17H18N2O5S/c1-11-7-8-13(17(21)24-3)9-16(11)25(22,23)19-15-6-4-5-14(10-15)18-12(2)20/h4-10,19H,1-3H3,(H,18,20). The molecule has 1 amide bonds. The molecule has 0 spiro atoms. The van der Waals surface area contributed by atoms with Crippen molar-refractivity contribution in [3.8, 4) is 0 Å². The van der Waals surface area contributed by atoms with Gasteiger partial charge in [0.05, 0.1) is 23.3 Å². The van der Waals surface area contributed by atoms with Crippen LogP contribution in [-0.2, 0) is 19.6 Å². The van der Waals surface area contributed by atoms with E-state index in [1.54, 1.807) is 25.1 Å². The van der Waals surface area contributed by atoms with E-state index in [2.05, 4.69) is 14.8 Å². The molecule has 0 bridgehead atoms. The highest BCUT2D eigenvalue weighted by atomic mass is 32.2. The number of ether oxygens (including phenoxy) is 1. The number of hydrogen-bond donors (Lipinski definition) is 2. The van der Waals surface area contributed by atoms with Crippen LogP contribution in [0.1, 0.15) is 22.8 Å². The number of carbonyl (C=O) groups is 2. The lowest BCUT2D eigenvalue weighted by molar-refractivity contribution is -0.114. The number of aryl methyl sites for hydroxylation is 1. The predicted octanol–water partition coefficient (Wildman–Crippen LogP) is 2.54. The molecule has 0 unspecified atom stereocenters. The minimum atomic E-state index is -3.92. The topological polar surface area (TPSA) is 102 Å². The third-order valence-electron chi connectivity index (χ3n) is 3.33. The van der Waals surface area contributed by atoms with Gasteiger partial charge < -0.3 is 10.1 Å². The SMILES string of the molecule is COC(=O)c1ccc(C)c(S(=O)(=O)Nc2cccc(NC(C)=O)c2)c1. The fourth-order valence-corrected chi connectivity index (χ4v) is 3.53. The van der Waals surface area contributed by atoms with Gasteiger partial charge in [-0.15, -0.1) is 0 Å². The van der Waals surface area contributed by atoms with Gasteiger partial charge >= 0.3 is 5.97 Å².